The number of carbonyl (C=O) groups excluding carboxylic acids is 1. The lowest BCUT2D eigenvalue weighted by Gasteiger charge is -2.16. The smallest absolute Gasteiger partial charge is 0.325 e. The summed E-state index contributed by atoms with van der Waals surface area (Å²) in [5.74, 6) is -1.26. The van der Waals surface area contributed by atoms with Crippen molar-refractivity contribution in [2.24, 2.45) is 0 Å². The van der Waals surface area contributed by atoms with E-state index in [4.69, 9.17) is 5.11 Å². The predicted molar refractivity (Wildman–Crippen MR) is 72.0 cm³/mol. The highest BCUT2D eigenvalue weighted by Gasteiger charge is 2.15. The summed E-state index contributed by atoms with van der Waals surface area (Å²) >= 11 is 0. The number of rotatable bonds is 4. The van der Waals surface area contributed by atoms with E-state index in [9.17, 15) is 9.59 Å². The van der Waals surface area contributed by atoms with Crippen LogP contribution in [-0.4, -0.2) is 23.0 Å². The van der Waals surface area contributed by atoms with E-state index in [1.54, 1.807) is 0 Å². The monoisotopic (exact) mass is 261 g/mol. The van der Waals surface area contributed by atoms with Gasteiger partial charge in [0.15, 0.2) is 0 Å². The van der Waals surface area contributed by atoms with Crippen LogP contribution in [0.5, 0.6) is 0 Å². The van der Waals surface area contributed by atoms with Crippen LogP contribution in [0.3, 0.4) is 0 Å². The number of carboxylic acid groups (broad SMARTS) is 1. The van der Waals surface area contributed by atoms with Crippen LogP contribution in [-0.2, 0) is 28.9 Å². The molecular formula is C15H19NO3. The van der Waals surface area contributed by atoms with Crippen LogP contribution in [0.1, 0.15) is 36.5 Å². The Morgan fingerprint density at radius 1 is 1.26 bits per heavy atom. The number of aryl methyl sites for hydroxylation is 2. The highest BCUT2D eigenvalue weighted by Crippen LogP contribution is 2.22. The van der Waals surface area contributed by atoms with Gasteiger partial charge in [0.05, 0.1) is 6.42 Å². The second kappa shape index (κ2) is 5.87. The fourth-order valence-electron chi connectivity index (χ4n) is 2.44. The highest BCUT2D eigenvalue weighted by atomic mass is 16.4. The lowest BCUT2D eigenvalue weighted by molar-refractivity contribution is -0.141. The van der Waals surface area contributed by atoms with Gasteiger partial charge in [0.25, 0.3) is 0 Å². The second-order valence-corrected chi connectivity index (χ2v) is 5.11. The average molecular weight is 261 g/mol. The second-order valence-electron chi connectivity index (χ2n) is 5.11. The van der Waals surface area contributed by atoms with Crippen LogP contribution in [0.2, 0.25) is 0 Å². The van der Waals surface area contributed by atoms with Crippen molar-refractivity contribution < 1.29 is 14.7 Å². The van der Waals surface area contributed by atoms with E-state index in [2.05, 4.69) is 17.4 Å². The Labute approximate surface area is 112 Å². The standard InChI is InChI=1S/C15H19NO3/c1-10(15(18)19)16-14(17)9-11-6-7-12-4-2-3-5-13(12)8-11/h6-8,10H,2-5,9H2,1H3,(H,16,17)(H,18,19)/t10-/m1/s1. The number of hydrogen-bond acceptors (Lipinski definition) is 2. The Morgan fingerprint density at radius 3 is 2.63 bits per heavy atom. The first-order valence-electron chi connectivity index (χ1n) is 6.69. The molecule has 0 aliphatic heterocycles. The Morgan fingerprint density at radius 2 is 1.95 bits per heavy atom. The SMILES string of the molecule is C[C@@H](NC(=O)Cc1ccc2c(c1)CCCC2)C(=O)O. The van der Waals surface area contributed by atoms with Crippen LogP contribution in [0.15, 0.2) is 18.2 Å². The molecule has 0 saturated carbocycles. The van der Waals surface area contributed by atoms with E-state index in [1.165, 1.54) is 30.9 Å². The van der Waals surface area contributed by atoms with Crippen LogP contribution >= 0.6 is 0 Å². The third-order valence-electron chi connectivity index (χ3n) is 3.53. The molecule has 0 radical (unpaired) electrons. The molecule has 0 spiro atoms. The molecular weight excluding hydrogens is 242 g/mol. The van der Waals surface area contributed by atoms with Gasteiger partial charge in [-0.15, -0.1) is 0 Å². The maximum atomic E-state index is 11.7. The summed E-state index contributed by atoms with van der Waals surface area (Å²) < 4.78 is 0. The Kier molecular flexibility index (Phi) is 4.20. The number of fused-ring (bicyclic) bond motifs is 1. The lowest BCUT2D eigenvalue weighted by Crippen LogP contribution is -2.39. The molecule has 4 heteroatoms. The Hall–Kier alpha value is -1.84. The number of amides is 1. The van der Waals surface area contributed by atoms with Crippen molar-refractivity contribution in [1.82, 2.24) is 5.32 Å². The van der Waals surface area contributed by atoms with Gasteiger partial charge in [-0.3, -0.25) is 9.59 Å². The average Bonchev–Trinajstić information content (AvgIpc) is 2.38. The van der Waals surface area contributed by atoms with Gasteiger partial charge >= 0.3 is 5.97 Å². The predicted octanol–water partition coefficient (Wildman–Crippen LogP) is 1.70. The van der Waals surface area contributed by atoms with Crippen LogP contribution in [0.4, 0.5) is 0 Å². The number of carbonyl (C=O) groups is 2. The first-order chi connectivity index (χ1) is 9.06. The van der Waals surface area contributed by atoms with Gasteiger partial charge in [-0.25, -0.2) is 0 Å². The molecule has 19 heavy (non-hydrogen) atoms. The minimum atomic E-state index is -1.02. The molecule has 1 amide bonds. The molecule has 1 aliphatic rings. The molecule has 2 N–H and O–H groups in total. The molecule has 1 atom stereocenters. The third kappa shape index (κ3) is 3.56. The van der Waals surface area contributed by atoms with E-state index in [1.807, 2.05) is 6.07 Å². The molecule has 2 rings (SSSR count). The molecule has 1 aliphatic carbocycles. The molecule has 0 fully saturated rings. The number of hydrogen-bond donors (Lipinski definition) is 2. The van der Waals surface area contributed by atoms with Crippen molar-refractivity contribution in [1.29, 1.82) is 0 Å². The van der Waals surface area contributed by atoms with E-state index in [0.29, 0.717) is 0 Å². The zero-order chi connectivity index (χ0) is 13.8. The highest BCUT2D eigenvalue weighted by molar-refractivity contribution is 5.84. The molecule has 0 bridgehead atoms. The fourth-order valence-corrected chi connectivity index (χ4v) is 2.44. The summed E-state index contributed by atoms with van der Waals surface area (Å²) in [6.45, 7) is 1.47. The molecule has 1 aromatic rings. The number of carboxylic acids is 1. The van der Waals surface area contributed by atoms with Crippen LogP contribution < -0.4 is 5.32 Å². The Bertz CT molecular complexity index is 496. The molecule has 0 unspecified atom stereocenters. The van der Waals surface area contributed by atoms with Crippen LogP contribution in [0, 0.1) is 0 Å². The normalized spacial score (nSPS) is 15.4. The van der Waals surface area contributed by atoms with Crippen molar-refractivity contribution in [2.75, 3.05) is 0 Å². The summed E-state index contributed by atoms with van der Waals surface area (Å²) in [5, 5.41) is 11.2. The first-order valence-corrected chi connectivity index (χ1v) is 6.69. The summed E-state index contributed by atoms with van der Waals surface area (Å²) in [5.41, 5.74) is 3.67. The minimum Gasteiger partial charge on any atom is -0.480 e. The van der Waals surface area contributed by atoms with Crippen molar-refractivity contribution >= 4 is 11.9 Å². The topological polar surface area (TPSA) is 66.4 Å². The molecule has 1 aromatic carbocycles. The number of benzene rings is 1. The molecule has 0 aromatic heterocycles. The summed E-state index contributed by atoms with van der Waals surface area (Å²) in [6, 6.07) is 5.30. The quantitative estimate of drug-likeness (QED) is 0.867. The summed E-state index contributed by atoms with van der Waals surface area (Å²) in [7, 11) is 0. The zero-order valence-electron chi connectivity index (χ0n) is 11.1. The zero-order valence-corrected chi connectivity index (χ0v) is 11.1. The van der Waals surface area contributed by atoms with Gasteiger partial charge in [-0.2, -0.15) is 0 Å². The molecule has 4 nitrogen and oxygen atoms in total. The maximum Gasteiger partial charge on any atom is 0.325 e. The van der Waals surface area contributed by atoms with Gasteiger partial charge in [0, 0.05) is 0 Å². The number of nitrogens with one attached hydrogen (secondary N) is 1. The largest absolute Gasteiger partial charge is 0.480 e. The van der Waals surface area contributed by atoms with Crippen molar-refractivity contribution in [2.45, 2.75) is 45.1 Å². The summed E-state index contributed by atoms with van der Waals surface area (Å²) in [4.78, 5) is 22.4. The lowest BCUT2D eigenvalue weighted by atomic mass is 9.90. The van der Waals surface area contributed by atoms with Gasteiger partial charge in [-0.05, 0) is 49.3 Å². The van der Waals surface area contributed by atoms with Crippen molar-refractivity contribution in [3.63, 3.8) is 0 Å². The molecule has 0 heterocycles. The van der Waals surface area contributed by atoms with Gasteiger partial charge in [-0.1, -0.05) is 18.2 Å². The van der Waals surface area contributed by atoms with E-state index in [0.717, 1.165) is 18.4 Å². The summed E-state index contributed by atoms with van der Waals surface area (Å²) in [6.07, 6.45) is 4.89. The first kappa shape index (κ1) is 13.6. The van der Waals surface area contributed by atoms with E-state index < -0.39 is 12.0 Å². The van der Waals surface area contributed by atoms with Gasteiger partial charge in [0.2, 0.25) is 5.91 Å². The minimum absolute atomic E-state index is 0.241. The molecule has 102 valence electrons. The van der Waals surface area contributed by atoms with Gasteiger partial charge < -0.3 is 10.4 Å². The van der Waals surface area contributed by atoms with Crippen LogP contribution in [0.25, 0.3) is 0 Å². The maximum absolute atomic E-state index is 11.7. The Balaban J connectivity index is 1.99. The van der Waals surface area contributed by atoms with E-state index >= 15 is 0 Å². The number of aliphatic carboxylic acids is 1. The van der Waals surface area contributed by atoms with E-state index in [-0.39, 0.29) is 12.3 Å². The molecule has 0 saturated heterocycles. The van der Waals surface area contributed by atoms with Crippen molar-refractivity contribution in [3.05, 3.63) is 34.9 Å². The third-order valence-corrected chi connectivity index (χ3v) is 3.53. The fraction of sp³-hybridized carbons (Fsp3) is 0.467. The van der Waals surface area contributed by atoms with Gasteiger partial charge in [0.1, 0.15) is 6.04 Å². The van der Waals surface area contributed by atoms with Crippen molar-refractivity contribution in [3.8, 4) is 0 Å².